The lowest BCUT2D eigenvalue weighted by atomic mass is 9.98. The van der Waals surface area contributed by atoms with Crippen molar-refractivity contribution in [1.29, 1.82) is 0 Å². The summed E-state index contributed by atoms with van der Waals surface area (Å²) in [5, 5.41) is 7.98. The van der Waals surface area contributed by atoms with Gasteiger partial charge >= 0.3 is 6.98 Å². The molecule has 0 bridgehead atoms. The van der Waals surface area contributed by atoms with Gasteiger partial charge in [0.2, 0.25) is 5.13 Å². The van der Waals surface area contributed by atoms with Crippen LogP contribution in [0, 0.1) is 0 Å². The van der Waals surface area contributed by atoms with E-state index < -0.39 is 12.6 Å². The van der Waals surface area contributed by atoms with E-state index in [2.05, 4.69) is 10.2 Å². The van der Waals surface area contributed by atoms with Crippen molar-refractivity contribution < 1.29 is 12.9 Å². The fourth-order valence-corrected chi connectivity index (χ4v) is 2.20. The lowest BCUT2D eigenvalue weighted by Gasteiger charge is -2.10. The molecule has 1 heterocycles. The third kappa shape index (κ3) is 3.75. The van der Waals surface area contributed by atoms with E-state index in [-0.39, 0.29) is 0 Å². The minimum absolute atomic E-state index is 0.355. The zero-order chi connectivity index (χ0) is 10.8. The molecule has 0 N–H and O–H groups in total. The summed E-state index contributed by atoms with van der Waals surface area (Å²) in [7, 11) is 3.53. The zero-order valence-corrected chi connectivity index (χ0v) is 9.21. The molecule has 0 saturated carbocycles. The molecular weight excluding hydrogens is 234 g/mol. The Morgan fingerprint density at radius 2 is 2.00 bits per heavy atom. The largest absolute Gasteiger partial charge is 0.488 e. The number of rotatable bonds is 4. The maximum absolute atomic E-state index is 11.9. The Bertz CT molecular complexity index is 301. The maximum atomic E-state index is 11.9. The van der Waals surface area contributed by atoms with Crippen LogP contribution in [-0.4, -0.2) is 36.9 Å². The van der Waals surface area contributed by atoms with Crippen LogP contribution in [0.25, 0.3) is 0 Å². The van der Waals surface area contributed by atoms with Crippen LogP contribution in [0.1, 0.15) is 0 Å². The number of thioether (sulfide) groups is 1. The van der Waals surface area contributed by atoms with Gasteiger partial charge in [0.05, 0.1) is 0 Å². The summed E-state index contributed by atoms with van der Waals surface area (Å²) >= 11 is 1.84. The van der Waals surface area contributed by atoms with Gasteiger partial charge in [0.15, 0.2) is 4.34 Å². The van der Waals surface area contributed by atoms with Crippen LogP contribution in [0.4, 0.5) is 18.1 Å². The molecule has 0 aliphatic rings. The molecule has 0 aliphatic heterocycles. The quantitative estimate of drug-likeness (QED) is 0.597. The average molecular weight is 242 g/mol. The van der Waals surface area contributed by atoms with Crippen molar-refractivity contribution in [1.82, 2.24) is 10.2 Å². The summed E-state index contributed by atoms with van der Waals surface area (Å²) < 4.78 is 36.0. The second-order valence-electron chi connectivity index (χ2n) is 2.77. The van der Waals surface area contributed by atoms with E-state index >= 15 is 0 Å². The minimum Gasteiger partial charge on any atom is -0.448 e. The van der Waals surface area contributed by atoms with Crippen molar-refractivity contribution in [3.8, 4) is 0 Å². The Kier molecular flexibility index (Phi) is 3.65. The topological polar surface area (TPSA) is 29.0 Å². The normalized spacial score (nSPS) is 11.8. The highest BCUT2D eigenvalue weighted by Gasteiger charge is 2.23. The van der Waals surface area contributed by atoms with Crippen LogP contribution in [-0.2, 0) is 0 Å². The molecule has 0 unspecified atom stereocenters. The minimum atomic E-state index is -4.75. The molecule has 0 atom stereocenters. The number of hydrogen-bond acceptors (Lipinski definition) is 5. The second kappa shape index (κ2) is 4.39. The first-order valence-electron chi connectivity index (χ1n) is 3.73. The molecule has 0 amide bonds. The Labute approximate surface area is 87.8 Å². The molecule has 1 aromatic heterocycles. The van der Waals surface area contributed by atoms with Gasteiger partial charge in [-0.05, 0) is 5.65 Å². The molecule has 0 radical (unpaired) electrons. The molecule has 80 valence electrons. The molecule has 9 heteroatoms. The highest BCUT2D eigenvalue weighted by Crippen LogP contribution is 2.29. The molecule has 14 heavy (non-hydrogen) atoms. The van der Waals surface area contributed by atoms with Gasteiger partial charge < -0.3 is 17.8 Å². The van der Waals surface area contributed by atoms with Gasteiger partial charge in [-0.15, -0.1) is 22.0 Å². The number of halogens is 3. The van der Waals surface area contributed by atoms with Crippen molar-refractivity contribution in [2.75, 3.05) is 24.6 Å². The number of anilines is 1. The summed E-state index contributed by atoms with van der Waals surface area (Å²) in [6.45, 7) is -4.75. The third-order valence-electron chi connectivity index (χ3n) is 1.17. The van der Waals surface area contributed by atoms with Gasteiger partial charge in [-0.2, -0.15) is 0 Å². The molecule has 1 rings (SSSR count). The molecule has 0 aliphatic carbocycles. The lowest BCUT2D eigenvalue weighted by molar-refractivity contribution is 0.485. The van der Waals surface area contributed by atoms with E-state index in [0.717, 1.165) is 11.3 Å². The Balaban J connectivity index is 2.52. The van der Waals surface area contributed by atoms with Gasteiger partial charge in [-0.1, -0.05) is 11.3 Å². The monoisotopic (exact) mass is 242 g/mol. The van der Waals surface area contributed by atoms with Crippen molar-refractivity contribution >= 4 is 35.2 Å². The van der Waals surface area contributed by atoms with Crippen molar-refractivity contribution in [2.45, 2.75) is 4.34 Å². The van der Waals surface area contributed by atoms with Gasteiger partial charge in [-0.25, -0.2) is 0 Å². The maximum Gasteiger partial charge on any atom is 0.488 e. The van der Waals surface area contributed by atoms with Crippen molar-refractivity contribution in [2.24, 2.45) is 0 Å². The van der Waals surface area contributed by atoms with Gasteiger partial charge in [0.1, 0.15) is 0 Å². The molecule has 0 spiro atoms. The van der Waals surface area contributed by atoms with Crippen LogP contribution in [0.2, 0.25) is 0 Å². The summed E-state index contributed by atoms with van der Waals surface area (Å²) in [4.78, 5) is 1.71. The second-order valence-corrected chi connectivity index (χ2v) is 4.99. The predicted molar refractivity (Wildman–Crippen MR) is 54.0 cm³/mol. The van der Waals surface area contributed by atoms with Gasteiger partial charge in [0, 0.05) is 14.1 Å². The van der Waals surface area contributed by atoms with Crippen LogP contribution in [0.5, 0.6) is 0 Å². The molecule has 3 nitrogen and oxygen atoms in total. The van der Waals surface area contributed by atoms with Crippen LogP contribution >= 0.6 is 23.1 Å². The fourth-order valence-electron chi connectivity index (χ4n) is 0.607. The standard InChI is InChI=1S/C5H8BF3N3S2/c1-12(2)4-10-11-5(14-4)13-3-6(7,8)9/h3H2,1-2H3/q-1. The van der Waals surface area contributed by atoms with E-state index in [9.17, 15) is 12.9 Å². The molecule has 0 fully saturated rings. The van der Waals surface area contributed by atoms with Crippen molar-refractivity contribution in [3.63, 3.8) is 0 Å². The summed E-state index contributed by atoms with van der Waals surface area (Å²) in [6, 6.07) is 0. The van der Waals surface area contributed by atoms with E-state index in [1.54, 1.807) is 19.0 Å². The zero-order valence-electron chi connectivity index (χ0n) is 7.58. The first-order chi connectivity index (χ1) is 6.38. The number of nitrogens with zero attached hydrogens (tertiary/aromatic N) is 3. The molecular formula is C5H8BF3N3S2-. The SMILES string of the molecule is CN(C)c1nnc(SC[B-](F)(F)F)s1. The first-order valence-corrected chi connectivity index (χ1v) is 5.53. The molecule has 0 saturated heterocycles. The van der Waals surface area contributed by atoms with E-state index in [1.165, 1.54) is 0 Å². The van der Waals surface area contributed by atoms with E-state index in [4.69, 9.17) is 0 Å². The fraction of sp³-hybridized carbons (Fsp3) is 0.600. The number of aromatic nitrogens is 2. The summed E-state index contributed by atoms with van der Waals surface area (Å²) in [5.74, 6) is 0. The Morgan fingerprint density at radius 1 is 1.36 bits per heavy atom. The highest BCUT2D eigenvalue weighted by atomic mass is 32.2. The van der Waals surface area contributed by atoms with Crippen molar-refractivity contribution in [3.05, 3.63) is 0 Å². The van der Waals surface area contributed by atoms with E-state index in [1.807, 2.05) is 0 Å². The number of hydrogen-bond donors (Lipinski definition) is 0. The summed E-state index contributed by atoms with van der Waals surface area (Å²) in [6.07, 6.45) is 0. The van der Waals surface area contributed by atoms with Crippen LogP contribution < -0.4 is 4.90 Å². The highest BCUT2D eigenvalue weighted by molar-refractivity contribution is 8.02. The predicted octanol–water partition coefficient (Wildman–Crippen LogP) is 2.08. The molecule has 1 aromatic rings. The Morgan fingerprint density at radius 3 is 2.43 bits per heavy atom. The smallest absolute Gasteiger partial charge is 0.448 e. The first kappa shape index (κ1) is 11.6. The molecule has 0 aromatic carbocycles. The van der Waals surface area contributed by atoms with Crippen LogP contribution in [0.3, 0.4) is 0 Å². The average Bonchev–Trinajstić information content (AvgIpc) is 2.47. The van der Waals surface area contributed by atoms with Gasteiger partial charge in [-0.3, -0.25) is 0 Å². The van der Waals surface area contributed by atoms with E-state index in [0.29, 0.717) is 21.2 Å². The Hall–Kier alpha value is -0.435. The van der Waals surface area contributed by atoms with Gasteiger partial charge in [0.25, 0.3) is 0 Å². The third-order valence-corrected chi connectivity index (χ3v) is 3.54. The lowest BCUT2D eigenvalue weighted by Crippen LogP contribution is -2.18. The summed E-state index contributed by atoms with van der Waals surface area (Å²) in [5.41, 5.74) is -0.859. The van der Waals surface area contributed by atoms with Crippen LogP contribution in [0.15, 0.2) is 4.34 Å².